The van der Waals surface area contributed by atoms with E-state index in [1.807, 2.05) is 25.1 Å². The van der Waals surface area contributed by atoms with Gasteiger partial charge < -0.3 is 9.64 Å². The number of rotatable bonds is 9. The van der Waals surface area contributed by atoms with Crippen molar-refractivity contribution in [3.05, 3.63) is 29.3 Å². The number of aryl methyl sites for hydroxylation is 1. The highest BCUT2D eigenvalue weighted by Gasteiger charge is 2.15. The van der Waals surface area contributed by atoms with Gasteiger partial charge >= 0.3 is 0 Å². The van der Waals surface area contributed by atoms with Crippen molar-refractivity contribution in [1.29, 1.82) is 0 Å². The largest absolute Gasteiger partial charge is 0.496 e. The zero-order valence-electron chi connectivity index (χ0n) is 14.0. The summed E-state index contributed by atoms with van der Waals surface area (Å²) in [7, 11) is 5.75. The highest BCUT2D eigenvalue weighted by Crippen LogP contribution is 2.20. The minimum Gasteiger partial charge on any atom is -0.496 e. The first-order valence-corrected chi connectivity index (χ1v) is 7.52. The van der Waals surface area contributed by atoms with Gasteiger partial charge in [0.2, 0.25) is 0 Å². The summed E-state index contributed by atoms with van der Waals surface area (Å²) in [6, 6.07) is 5.73. The van der Waals surface area contributed by atoms with Crippen LogP contribution in [0.5, 0.6) is 5.75 Å². The highest BCUT2D eigenvalue weighted by molar-refractivity contribution is 6.00. The molecule has 118 valence electrons. The van der Waals surface area contributed by atoms with E-state index in [2.05, 4.69) is 30.8 Å². The number of Topliss-reactive ketones (excluding diaryl/α,β-unsaturated/α-hetero) is 1. The summed E-state index contributed by atoms with van der Waals surface area (Å²) in [5.41, 5.74) is 1.77. The molecular formula is C17H28N2O2. The molecule has 0 aliphatic rings. The number of nitrogens with zero attached hydrogens (tertiary/aromatic N) is 2. The van der Waals surface area contributed by atoms with Gasteiger partial charge in [-0.25, -0.2) is 0 Å². The molecule has 1 aromatic carbocycles. The minimum absolute atomic E-state index is 0.124. The minimum atomic E-state index is 0.124. The van der Waals surface area contributed by atoms with E-state index in [9.17, 15) is 4.79 Å². The molecule has 1 rings (SSSR count). The Balaban J connectivity index is 2.65. The van der Waals surface area contributed by atoms with Crippen LogP contribution in [0.25, 0.3) is 0 Å². The van der Waals surface area contributed by atoms with Crippen LogP contribution in [-0.2, 0) is 0 Å². The zero-order chi connectivity index (χ0) is 15.8. The van der Waals surface area contributed by atoms with Gasteiger partial charge in [0.05, 0.1) is 19.2 Å². The Hall–Kier alpha value is -1.39. The van der Waals surface area contributed by atoms with Gasteiger partial charge in [0.1, 0.15) is 5.75 Å². The fourth-order valence-electron chi connectivity index (χ4n) is 2.28. The lowest BCUT2D eigenvalue weighted by Gasteiger charge is -2.21. The van der Waals surface area contributed by atoms with E-state index < -0.39 is 0 Å². The average molecular weight is 292 g/mol. The molecule has 0 spiro atoms. The highest BCUT2D eigenvalue weighted by atomic mass is 16.5. The Labute approximate surface area is 128 Å². The topological polar surface area (TPSA) is 32.8 Å². The smallest absolute Gasteiger partial charge is 0.180 e. The molecule has 0 fully saturated rings. The maximum atomic E-state index is 12.5. The van der Waals surface area contributed by atoms with Crippen LogP contribution in [0.2, 0.25) is 0 Å². The zero-order valence-corrected chi connectivity index (χ0v) is 14.0. The summed E-state index contributed by atoms with van der Waals surface area (Å²) in [6.07, 6.45) is 1.07. The molecule has 0 bridgehead atoms. The molecule has 21 heavy (non-hydrogen) atoms. The van der Waals surface area contributed by atoms with Crippen LogP contribution in [0, 0.1) is 6.92 Å². The van der Waals surface area contributed by atoms with Crippen LogP contribution >= 0.6 is 0 Å². The lowest BCUT2D eigenvalue weighted by atomic mass is 10.1. The number of ketones is 1. The van der Waals surface area contributed by atoms with Gasteiger partial charge in [-0.15, -0.1) is 0 Å². The van der Waals surface area contributed by atoms with E-state index in [0.29, 0.717) is 17.9 Å². The van der Waals surface area contributed by atoms with Crippen LogP contribution in [0.4, 0.5) is 0 Å². The number of methoxy groups -OCH3 is 1. The molecule has 0 saturated carbocycles. The molecule has 0 N–H and O–H groups in total. The molecule has 0 amide bonds. The van der Waals surface area contributed by atoms with Crippen molar-refractivity contribution in [2.45, 2.75) is 20.3 Å². The summed E-state index contributed by atoms with van der Waals surface area (Å²) < 4.78 is 5.33. The first kappa shape index (κ1) is 17.7. The average Bonchev–Trinajstić information content (AvgIpc) is 2.45. The molecule has 0 aliphatic carbocycles. The predicted octanol–water partition coefficient (Wildman–Crippen LogP) is 2.46. The Morgan fingerprint density at radius 1 is 1.24 bits per heavy atom. The van der Waals surface area contributed by atoms with Crippen LogP contribution in [0.15, 0.2) is 18.2 Å². The van der Waals surface area contributed by atoms with Crippen molar-refractivity contribution in [1.82, 2.24) is 9.80 Å². The summed E-state index contributed by atoms with van der Waals surface area (Å²) in [5, 5.41) is 0. The Morgan fingerprint density at radius 2 is 1.95 bits per heavy atom. The third-order valence-electron chi connectivity index (χ3n) is 3.55. The first-order valence-electron chi connectivity index (χ1n) is 7.52. The predicted molar refractivity (Wildman–Crippen MR) is 87.3 cm³/mol. The van der Waals surface area contributed by atoms with Gasteiger partial charge in [0.15, 0.2) is 5.78 Å². The van der Waals surface area contributed by atoms with E-state index >= 15 is 0 Å². The van der Waals surface area contributed by atoms with E-state index in [1.165, 1.54) is 0 Å². The van der Waals surface area contributed by atoms with Crippen molar-refractivity contribution in [3.63, 3.8) is 0 Å². The molecule has 0 atom stereocenters. The van der Waals surface area contributed by atoms with E-state index in [0.717, 1.165) is 31.6 Å². The SMILES string of the molecule is CCN(CCCN(C)C)CC(=O)c1ccc(C)cc1OC. The maximum absolute atomic E-state index is 12.5. The maximum Gasteiger partial charge on any atom is 0.180 e. The normalized spacial score (nSPS) is 11.2. The number of hydrogen-bond acceptors (Lipinski definition) is 4. The summed E-state index contributed by atoms with van der Waals surface area (Å²) in [5.74, 6) is 0.794. The number of benzene rings is 1. The molecule has 0 aromatic heterocycles. The second kappa shape index (κ2) is 8.80. The van der Waals surface area contributed by atoms with Crippen molar-refractivity contribution in [2.24, 2.45) is 0 Å². The van der Waals surface area contributed by atoms with E-state index in [1.54, 1.807) is 7.11 Å². The van der Waals surface area contributed by atoms with Gasteiger partial charge in [0.25, 0.3) is 0 Å². The quantitative estimate of drug-likeness (QED) is 0.655. The molecule has 4 nitrogen and oxygen atoms in total. The molecule has 4 heteroatoms. The van der Waals surface area contributed by atoms with Gasteiger partial charge in [-0.2, -0.15) is 0 Å². The monoisotopic (exact) mass is 292 g/mol. The molecule has 1 aromatic rings. The van der Waals surface area contributed by atoms with Gasteiger partial charge in [-0.3, -0.25) is 9.69 Å². The number of ether oxygens (including phenoxy) is 1. The van der Waals surface area contributed by atoms with Crippen molar-refractivity contribution >= 4 is 5.78 Å². The van der Waals surface area contributed by atoms with Crippen LogP contribution in [0.1, 0.15) is 29.3 Å². The number of carbonyl (C=O) groups is 1. The van der Waals surface area contributed by atoms with E-state index in [-0.39, 0.29) is 5.78 Å². The molecular weight excluding hydrogens is 264 g/mol. The summed E-state index contributed by atoms with van der Waals surface area (Å²) in [4.78, 5) is 16.8. The van der Waals surface area contributed by atoms with Gasteiger partial charge in [-0.05, 0) is 64.8 Å². The van der Waals surface area contributed by atoms with Gasteiger partial charge in [0, 0.05) is 0 Å². The molecule has 0 unspecified atom stereocenters. The lowest BCUT2D eigenvalue weighted by molar-refractivity contribution is 0.0929. The standard InChI is InChI=1S/C17H28N2O2/c1-6-19(11-7-10-18(3)4)13-16(20)15-9-8-14(2)12-17(15)21-5/h8-9,12H,6-7,10-11,13H2,1-5H3. The van der Waals surface area contributed by atoms with Crippen LogP contribution in [-0.4, -0.2) is 63.0 Å². The number of carbonyl (C=O) groups excluding carboxylic acids is 1. The Morgan fingerprint density at radius 3 is 2.52 bits per heavy atom. The van der Waals surface area contributed by atoms with Crippen molar-refractivity contribution in [3.8, 4) is 5.75 Å². The fraction of sp³-hybridized carbons (Fsp3) is 0.588. The third kappa shape index (κ3) is 5.86. The fourth-order valence-corrected chi connectivity index (χ4v) is 2.28. The molecule has 0 aliphatic heterocycles. The molecule has 0 radical (unpaired) electrons. The number of likely N-dealkylation sites (N-methyl/N-ethyl adjacent to an activating group) is 1. The molecule has 0 heterocycles. The van der Waals surface area contributed by atoms with Crippen LogP contribution in [0.3, 0.4) is 0 Å². The molecule has 0 saturated heterocycles. The number of hydrogen-bond donors (Lipinski definition) is 0. The summed E-state index contributed by atoms with van der Waals surface area (Å²) >= 11 is 0. The third-order valence-corrected chi connectivity index (χ3v) is 3.55. The van der Waals surface area contributed by atoms with Crippen molar-refractivity contribution < 1.29 is 9.53 Å². The Kier molecular flexibility index (Phi) is 7.40. The van der Waals surface area contributed by atoms with Crippen molar-refractivity contribution in [2.75, 3.05) is 47.4 Å². The summed E-state index contributed by atoms with van der Waals surface area (Å²) in [6.45, 7) is 7.40. The van der Waals surface area contributed by atoms with Gasteiger partial charge in [-0.1, -0.05) is 13.0 Å². The van der Waals surface area contributed by atoms with Crippen LogP contribution < -0.4 is 4.74 Å². The first-order chi connectivity index (χ1) is 9.97. The van der Waals surface area contributed by atoms with E-state index in [4.69, 9.17) is 4.74 Å². The second-order valence-corrected chi connectivity index (χ2v) is 5.65. The Bertz CT molecular complexity index is 458. The lowest BCUT2D eigenvalue weighted by Crippen LogP contribution is -2.32. The second-order valence-electron chi connectivity index (χ2n) is 5.65.